The zero-order valence-corrected chi connectivity index (χ0v) is 19.7. The van der Waals surface area contributed by atoms with Crippen LogP contribution in [0, 0.1) is 6.92 Å². The van der Waals surface area contributed by atoms with Gasteiger partial charge in [-0.25, -0.2) is 8.42 Å². The maximum absolute atomic E-state index is 12.7. The van der Waals surface area contributed by atoms with Crippen LogP contribution in [0.15, 0.2) is 78.9 Å². The van der Waals surface area contributed by atoms with Crippen molar-refractivity contribution < 1.29 is 13.2 Å². The third kappa shape index (κ3) is 5.63. The molecular formula is C24H22N4O3S2. The Morgan fingerprint density at radius 3 is 2.24 bits per heavy atom. The molecule has 9 heteroatoms. The Morgan fingerprint density at radius 2 is 1.61 bits per heavy atom. The Labute approximate surface area is 196 Å². The predicted octanol–water partition coefficient (Wildman–Crippen LogP) is 4.73. The number of nitrogens with one attached hydrogen (secondary N) is 1. The van der Waals surface area contributed by atoms with Crippen LogP contribution in [-0.2, 0) is 16.6 Å². The van der Waals surface area contributed by atoms with Gasteiger partial charge in [-0.2, -0.15) is 0 Å². The molecule has 33 heavy (non-hydrogen) atoms. The van der Waals surface area contributed by atoms with Gasteiger partial charge in [0.05, 0.1) is 18.5 Å². The number of carbonyl (C=O) groups is 1. The van der Waals surface area contributed by atoms with E-state index < -0.39 is 10.0 Å². The molecule has 7 nitrogen and oxygen atoms in total. The minimum Gasteiger partial charge on any atom is -0.296 e. The Kier molecular flexibility index (Phi) is 6.52. The molecule has 0 aliphatic carbocycles. The quantitative estimate of drug-likeness (QED) is 0.414. The summed E-state index contributed by atoms with van der Waals surface area (Å²) in [4.78, 5) is 12.7. The normalized spacial score (nSPS) is 11.2. The fourth-order valence-corrected chi connectivity index (χ4v) is 4.81. The monoisotopic (exact) mass is 478 g/mol. The van der Waals surface area contributed by atoms with Crippen LogP contribution in [0.2, 0.25) is 0 Å². The van der Waals surface area contributed by atoms with Crippen LogP contribution in [-0.4, -0.2) is 30.8 Å². The lowest BCUT2D eigenvalue weighted by molar-refractivity contribution is 0.102. The SMILES string of the molecule is Cc1ccc(CN(c2ccc(C(=O)Nc3nnc(-c4ccccc4)s3)cc2)S(C)(=O)=O)cc1. The minimum absolute atomic E-state index is 0.206. The van der Waals surface area contributed by atoms with Crippen molar-refractivity contribution in [2.24, 2.45) is 0 Å². The van der Waals surface area contributed by atoms with Gasteiger partial charge in [-0.3, -0.25) is 14.4 Å². The van der Waals surface area contributed by atoms with Gasteiger partial charge < -0.3 is 0 Å². The van der Waals surface area contributed by atoms with Crippen LogP contribution in [0.5, 0.6) is 0 Å². The van der Waals surface area contributed by atoms with Crippen molar-refractivity contribution in [2.45, 2.75) is 13.5 Å². The van der Waals surface area contributed by atoms with Crippen molar-refractivity contribution >= 4 is 38.1 Å². The maximum atomic E-state index is 12.7. The zero-order valence-electron chi connectivity index (χ0n) is 18.1. The first-order valence-electron chi connectivity index (χ1n) is 10.1. The molecule has 0 bridgehead atoms. The van der Waals surface area contributed by atoms with Crippen molar-refractivity contribution in [2.75, 3.05) is 15.9 Å². The summed E-state index contributed by atoms with van der Waals surface area (Å²) in [5.41, 5.74) is 3.77. The number of nitrogens with zero attached hydrogens (tertiary/aromatic N) is 3. The molecule has 0 aliphatic rings. The Morgan fingerprint density at radius 1 is 0.939 bits per heavy atom. The molecule has 0 saturated heterocycles. The molecule has 0 spiro atoms. The molecule has 1 aromatic heterocycles. The summed E-state index contributed by atoms with van der Waals surface area (Å²) in [6.07, 6.45) is 1.17. The first-order valence-corrected chi connectivity index (χ1v) is 12.8. The van der Waals surface area contributed by atoms with E-state index in [1.54, 1.807) is 24.3 Å². The number of amides is 1. The lowest BCUT2D eigenvalue weighted by atomic mass is 10.1. The van der Waals surface area contributed by atoms with Gasteiger partial charge in [0, 0.05) is 11.1 Å². The van der Waals surface area contributed by atoms with E-state index in [0.29, 0.717) is 21.4 Å². The highest BCUT2D eigenvalue weighted by atomic mass is 32.2. The number of aryl methyl sites for hydroxylation is 1. The zero-order chi connectivity index (χ0) is 23.4. The molecule has 168 valence electrons. The molecule has 0 radical (unpaired) electrons. The lowest BCUT2D eigenvalue weighted by Crippen LogP contribution is -2.29. The van der Waals surface area contributed by atoms with Gasteiger partial charge >= 0.3 is 0 Å². The second-order valence-corrected chi connectivity index (χ2v) is 10.4. The third-order valence-electron chi connectivity index (χ3n) is 4.93. The van der Waals surface area contributed by atoms with Gasteiger partial charge in [-0.1, -0.05) is 71.5 Å². The first-order chi connectivity index (χ1) is 15.8. The lowest BCUT2D eigenvalue weighted by Gasteiger charge is -2.23. The van der Waals surface area contributed by atoms with Gasteiger partial charge in [-0.05, 0) is 36.8 Å². The van der Waals surface area contributed by atoms with Crippen molar-refractivity contribution in [1.82, 2.24) is 10.2 Å². The Balaban J connectivity index is 1.48. The number of rotatable bonds is 7. The van der Waals surface area contributed by atoms with E-state index >= 15 is 0 Å². The standard InChI is InChI=1S/C24H22N4O3S2/c1-17-8-10-18(11-9-17)16-28(33(2,30)31)21-14-12-19(13-15-21)22(29)25-24-27-26-23(32-24)20-6-4-3-5-7-20/h3-15H,16H2,1-2H3,(H,25,27,29). The molecule has 4 aromatic rings. The van der Waals surface area contributed by atoms with Crippen LogP contribution in [0.4, 0.5) is 10.8 Å². The summed E-state index contributed by atoms with van der Waals surface area (Å²) in [5.74, 6) is -0.346. The van der Waals surface area contributed by atoms with Crippen LogP contribution in [0.25, 0.3) is 10.6 Å². The summed E-state index contributed by atoms with van der Waals surface area (Å²) in [6.45, 7) is 2.18. The number of anilines is 2. The van der Waals surface area contributed by atoms with E-state index in [1.807, 2.05) is 61.5 Å². The largest absolute Gasteiger partial charge is 0.296 e. The van der Waals surface area contributed by atoms with Crippen LogP contribution >= 0.6 is 11.3 Å². The summed E-state index contributed by atoms with van der Waals surface area (Å²) < 4.78 is 26.1. The van der Waals surface area contributed by atoms with Crippen LogP contribution in [0.3, 0.4) is 0 Å². The average Bonchev–Trinajstić information content (AvgIpc) is 3.27. The molecule has 3 aromatic carbocycles. The molecule has 1 amide bonds. The molecule has 0 saturated carbocycles. The molecule has 0 atom stereocenters. The number of aromatic nitrogens is 2. The molecule has 0 unspecified atom stereocenters. The molecule has 0 aliphatic heterocycles. The number of benzene rings is 3. The minimum atomic E-state index is -3.52. The number of sulfonamides is 1. The first kappa shape index (κ1) is 22.6. The molecular weight excluding hydrogens is 456 g/mol. The molecule has 4 rings (SSSR count). The van der Waals surface area contributed by atoms with Gasteiger partial charge in [0.15, 0.2) is 0 Å². The van der Waals surface area contributed by atoms with E-state index in [1.165, 1.54) is 21.9 Å². The van der Waals surface area contributed by atoms with Crippen molar-refractivity contribution in [3.63, 3.8) is 0 Å². The van der Waals surface area contributed by atoms with E-state index in [4.69, 9.17) is 0 Å². The smallest absolute Gasteiger partial charge is 0.257 e. The average molecular weight is 479 g/mol. The summed E-state index contributed by atoms with van der Waals surface area (Å²) in [6, 6.07) is 23.7. The maximum Gasteiger partial charge on any atom is 0.257 e. The highest BCUT2D eigenvalue weighted by Gasteiger charge is 2.19. The van der Waals surface area contributed by atoms with Crippen LogP contribution in [0.1, 0.15) is 21.5 Å². The highest BCUT2D eigenvalue weighted by Crippen LogP contribution is 2.27. The summed E-state index contributed by atoms with van der Waals surface area (Å²) in [7, 11) is -3.52. The molecule has 0 fully saturated rings. The Bertz CT molecular complexity index is 1350. The van der Waals surface area contributed by atoms with E-state index in [9.17, 15) is 13.2 Å². The summed E-state index contributed by atoms with van der Waals surface area (Å²) in [5, 5.41) is 12.0. The molecule has 1 heterocycles. The van der Waals surface area contributed by atoms with Gasteiger partial charge in [0.25, 0.3) is 5.91 Å². The number of hydrogen-bond donors (Lipinski definition) is 1. The number of hydrogen-bond acceptors (Lipinski definition) is 6. The fraction of sp³-hybridized carbons (Fsp3) is 0.125. The van der Waals surface area contributed by atoms with Gasteiger partial charge in [0.2, 0.25) is 15.2 Å². The van der Waals surface area contributed by atoms with Crippen molar-refractivity contribution in [3.8, 4) is 10.6 Å². The van der Waals surface area contributed by atoms with Gasteiger partial charge in [-0.15, -0.1) is 10.2 Å². The van der Waals surface area contributed by atoms with E-state index in [2.05, 4.69) is 15.5 Å². The van der Waals surface area contributed by atoms with E-state index in [-0.39, 0.29) is 12.5 Å². The topological polar surface area (TPSA) is 92.3 Å². The highest BCUT2D eigenvalue weighted by molar-refractivity contribution is 7.92. The predicted molar refractivity (Wildman–Crippen MR) is 132 cm³/mol. The number of carbonyl (C=O) groups excluding carboxylic acids is 1. The third-order valence-corrected chi connectivity index (χ3v) is 6.96. The molecule has 1 N–H and O–H groups in total. The van der Waals surface area contributed by atoms with Gasteiger partial charge in [0.1, 0.15) is 5.01 Å². The second kappa shape index (κ2) is 9.51. The van der Waals surface area contributed by atoms with Crippen LogP contribution < -0.4 is 9.62 Å². The second-order valence-electron chi connectivity index (χ2n) is 7.53. The fourth-order valence-electron chi connectivity index (χ4n) is 3.18. The van der Waals surface area contributed by atoms with Crippen molar-refractivity contribution in [1.29, 1.82) is 0 Å². The van der Waals surface area contributed by atoms with Crippen molar-refractivity contribution in [3.05, 3.63) is 95.6 Å². The van der Waals surface area contributed by atoms with E-state index in [0.717, 1.165) is 16.7 Å². The Hall–Kier alpha value is -3.56. The summed E-state index contributed by atoms with van der Waals surface area (Å²) >= 11 is 1.28.